The van der Waals surface area contributed by atoms with Crippen molar-refractivity contribution in [1.82, 2.24) is 25.1 Å². The number of carbonyl (C=O) groups is 3. The number of Topliss-reactive ketones (excluding diaryl/α,β-unsaturated/α-hetero) is 1. The Kier molecular flexibility index (Phi) is 4.65. The van der Waals surface area contributed by atoms with Gasteiger partial charge in [-0.3, -0.25) is 14.4 Å². The van der Waals surface area contributed by atoms with Crippen LogP contribution in [0.4, 0.5) is 0 Å². The van der Waals surface area contributed by atoms with Crippen molar-refractivity contribution < 1.29 is 18.8 Å². The standard InChI is InChI=1S/C19H16N6O4/c20-17(27)16(26)13(9-11-10-29-19-12(11)4-7-22-19)24-18(28)14-5-8-23-25(14)15-3-1-2-6-21-15/h1-8,10,13,22H,9H2,(H2,20,27)(H,24,28). The summed E-state index contributed by atoms with van der Waals surface area (Å²) < 4.78 is 6.70. The molecule has 4 N–H and O–H groups in total. The van der Waals surface area contributed by atoms with Gasteiger partial charge in [0.2, 0.25) is 11.5 Å². The summed E-state index contributed by atoms with van der Waals surface area (Å²) in [6.07, 6.45) is 6.20. The van der Waals surface area contributed by atoms with Gasteiger partial charge in [0.05, 0.1) is 12.5 Å². The van der Waals surface area contributed by atoms with Crippen LogP contribution in [0.1, 0.15) is 16.1 Å². The summed E-state index contributed by atoms with van der Waals surface area (Å²) in [6, 6.07) is 7.27. The first kappa shape index (κ1) is 18.2. The van der Waals surface area contributed by atoms with Gasteiger partial charge in [0.25, 0.3) is 11.8 Å². The Labute approximate surface area is 163 Å². The molecular weight excluding hydrogens is 376 g/mol. The van der Waals surface area contributed by atoms with Crippen molar-refractivity contribution in [2.24, 2.45) is 5.73 Å². The zero-order valence-corrected chi connectivity index (χ0v) is 15.0. The van der Waals surface area contributed by atoms with E-state index >= 15 is 0 Å². The molecule has 0 aliphatic carbocycles. The average Bonchev–Trinajstić information content (AvgIpc) is 3.45. The largest absolute Gasteiger partial charge is 0.448 e. The Morgan fingerprint density at radius 2 is 2.07 bits per heavy atom. The number of ketones is 1. The molecule has 4 rings (SSSR count). The van der Waals surface area contributed by atoms with E-state index in [1.807, 2.05) is 0 Å². The molecule has 4 heterocycles. The number of nitrogens with one attached hydrogen (secondary N) is 2. The molecule has 4 aromatic rings. The topological polar surface area (TPSA) is 149 Å². The normalized spacial score (nSPS) is 12.0. The lowest BCUT2D eigenvalue weighted by atomic mass is 10.0. The van der Waals surface area contributed by atoms with Gasteiger partial charge in [-0.1, -0.05) is 6.07 Å². The van der Waals surface area contributed by atoms with E-state index in [0.717, 1.165) is 5.39 Å². The lowest BCUT2D eigenvalue weighted by molar-refractivity contribution is -0.137. The highest BCUT2D eigenvalue weighted by molar-refractivity contribution is 6.38. The minimum atomic E-state index is -1.16. The number of aromatic amines is 1. The smallest absolute Gasteiger partial charge is 0.287 e. The monoisotopic (exact) mass is 392 g/mol. The zero-order chi connectivity index (χ0) is 20.4. The Morgan fingerprint density at radius 1 is 1.21 bits per heavy atom. The van der Waals surface area contributed by atoms with Crippen LogP contribution in [0.3, 0.4) is 0 Å². The molecule has 10 nitrogen and oxygen atoms in total. The molecule has 4 aromatic heterocycles. The number of nitrogens with two attached hydrogens (primary N) is 1. The van der Waals surface area contributed by atoms with Crippen LogP contribution in [0, 0.1) is 0 Å². The van der Waals surface area contributed by atoms with Crippen LogP contribution < -0.4 is 11.1 Å². The summed E-state index contributed by atoms with van der Waals surface area (Å²) in [5.74, 6) is -2.21. The van der Waals surface area contributed by atoms with Gasteiger partial charge in [-0.15, -0.1) is 0 Å². The number of nitrogens with zero attached hydrogens (tertiary/aromatic N) is 3. The third kappa shape index (κ3) is 3.50. The van der Waals surface area contributed by atoms with Gasteiger partial charge in [0.1, 0.15) is 11.7 Å². The van der Waals surface area contributed by atoms with Crippen LogP contribution in [0.5, 0.6) is 0 Å². The maximum Gasteiger partial charge on any atom is 0.287 e. The van der Waals surface area contributed by atoms with Crippen molar-refractivity contribution in [2.45, 2.75) is 12.5 Å². The fraction of sp³-hybridized carbons (Fsp3) is 0.105. The molecular formula is C19H16N6O4. The fourth-order valence-electron chi connectivity index (χ4n) is 3.03. The van der Waals surface area contributed by atoms with E-state index in [0.29, 0.717) is 17.1 Å². The van der Waals surface area contributed by atoms with E-state index in [2.05, 4.69) is 20.4 Å². The van der Waals surface area contributed by atoms with Gasteiger partial charge < -0.3 is 20.5 Å². The second-order valence-corrected chi connectivity index (χ2v) is 6.26. The lowest BCUT2D eigenvalue weighted by Gasteiger charge is -2.16. The Hall–Kier alpha value is -4.21. The quantitative estimate of drug-likeness (QED) is 0.395. The van der Waals surface area contributed by atoms with Gasteiger partial charge in [0.15, 0.2) is 5.82 Å². The number of pyridine rings is 1. The van der Waals surface area contributed by atoms with Crippen molar-refractivity contribution in [3.8, 4) is 5.82 Å². The van der Waals surface area contributed by atoms with E-state index < -0.39 is 23.6 Å². The first-order chi connectivity index (χ1) is 14.0. The highest BCUT2D eigenvalue weighted by atomic mass is 16.3. The first-order valence-corrected chi connectivity index (χ1v) is 8.68. The van der Waals surface area contributed by atoms with E-state index in [-0.39, 0.29) is 12.1 Å². The minimum absolute atomic E-state index is 0.0378. The number of H-pyrrole nitrogens is 1. The first-order valence-electron chi connectivity index (χ1n) is 8.68. The summed E-state index contributed by atoms with van der Waals surface area (Å²) in [5, 5.41) is 7.43. The number of amides is 2. The van der Waals surface area contributed by atoms with Crippen molar-refractivity contribution in [3.05, 3.63) is 66.4 Å². The molecule has 0 spiro atoms. The summed E-state index contributed by atoms with van der Waals surface area (Å²) in [5.41, 5.74) is 6.52. The van der Waals surface area contributed by atoms with E-state index in [9.17, 15) is 14.4 Å². The highest BCUT2D eigenvalue weighted by Gasteiger charge is 2.28. The van der Waals surface area contributed by atoms with Crippen LogP contribution in [0.2, 0.25) is 0 Å². The van der Waals surface area contributed by atoms with Gasteiger partial charge in [-0.05, 0) is 24.3 Å². The van der Waals surface area contributed by atoms with Crippen LogP contribution in [-0.2, 0) is 16.0 Å². The van der Waals surface area contributed by atoms with Crippen LogP contribution >= 0.6 is 0 Å². The fourth-order valence-corrected chi connectivity index (χ4v) is 3.03. The molecule has 146 valence electrons. The van der Waals surface area contributed by atoms with Crippen LogP contribution in [-0.4, -0.2) is 43.4 Å². The summed E-state index contributed by atoms with van der Waals surface area (Å²) in [7, 11) is 0. The third-order valence-electron chi connectivity index (χ3n) is 4.40. The third-order valence-corrected chi connectivity index (χ3v) is 4.40. The second kappa shape index (κ2) is 7.43. The maximum atomic E-state index is 12.8. The number of rotatable bonds is 7. The number of aromatic nitrogens is 4. The molecule has 0 aliphatic heterocycles. The number of carbonyl (C=O) groups excluding carboxylic acids is 3. The molecule has 1 atom stereocenters. The zero-order valence-electron chi connectivity index (χ0n) is 15.0. The van der Waals surface area contributed by atoms with Crippen LogP contribution in [0.25, 0.3) is 16.9 Å². The molecule has 0 saturated heterocycles. The van der Waals surface area contributed by atoms with Crippen molar-refractivity contribution in [3.63, 3.8) is 0 Å². The molecule has 2 amide bonds. The Balaban J connectivity index is 1.61. The van der Waals surface area contributed by atoms with E-state index in [4.69, 9.17) is 10.2 Å². The molecule has 0 fully saturated rings. The van der Waals surface area contributed by atoms with E-state index in [1.165, 1.54) is 23.2 Å². The van der Waals surface area contributed by atoms with Gasteiger partial charge in [-0.25, -0.2) is 9.67 Å². The summed E-state index contributed by atoms with van der Waals surface area (Å²) in [4.78, 5) is 43.8. The number of furan rings is 1. The molecule has 0 aliphatic rings. The van der Waals surface area contributed by atoms with Gasteiger partial charge in [-0.2, -0.15) is 5.10 Å². The predicted molar refractivity (Wildman–Crippen MR) is 101 cm³/mol. The molecule has 0 aromatic carbocycles. The number of fused-ring (bicyclic) bond motifs is 1. The second-order valence-electron chi connectivity index (χ2n) is 6.26. The van der Waals surface area contributed by atoms with Crippen molar-refractivity contribution in [2.75, 3.05) is 0 Å². The Morgan fingerprint density at radius 3 is 2.83 bits per heavy atom. The SMILES string of the molecule is NC(=O)C(=O)C(Cc1coc2[nH]ccc12)NC(=O)c1ccnn1-c1ccccn1. The maximum absolute atomic E-state index is 12.8. The molecule has 10 heteroatoms. The molecule has 0 bridgehead atoms. The number of hydrogen-bond acceptors (Lipinski definition) is 6. The summed E-state index contributed by atoms with van der Waals surface area (Å²) >= 11 is 0. The Bertz CT molecular complexity index is 1190. The molecule has 29 heavy (non-hydrogen) atoms. The van der Waals surface area contributed by atoms with Crippen LogP contribution in [0.15, 0.2) is 59.6 Å². The highest BCUT2D eigenvalue weighted by Crippen LogP contribution is 2.21. The minimum Gasteiger partial charge on any atom is -0.448 e. The molecule has 1 unspecified atom stereocenters. The number of hydrogen-bond donors (Lipinski definition) is 3. The van der Waals surface area contributed by atoms with Gasteiger partial charge >= 0.3 is 0 Å². The van der Waals surface area contributed by atoms with Crippen molar-refractivity contribution >= 4 is 28.7 Å². The van der Waals surface area contributed by atoms with Crippen molar-refractivity contribution in [1.29, 1.82) is 0 Å². The average molecular weight is 392 g/mol. The lowest BCUT2D eigenvalue weighted by Crippen LogP contribution is -2.47. The summed E-state index contributed by atoms with van der Waals surface area (Å²) in [6.45, 7) is 0. The van der Waals surface area contributed by atoms with E-state index in [1.54, 1.807) is 36.7 Å². The molecule has 0 saturated carbocycles. The predicted octanol–water partition coefficient (Wildman–Crippen LogP) is 0.737. The number of primary amides is 1. The molecule has 0 radical (unpaired) electrons. The van der Waals surface area contributed by atoms with Gasteiger partial charge in [0, 0.05) is 29.8 Å².